The molecule has 0 aliphatic heterocycles. The van der Waals surface area contributed by atoms with E-state index in [9.17, 15) is 9.59 Å². The van der Waals surface area contributed by atoms with Crippen LogP contribution in [0.4, 0.5) is 0 Å². The number of nitrogens with one attached hydrogen (secondary N) is 1. The Kier molecular flexibility index (Phi) is 5.77. The quantitative estimate of drug-likeness (QED) is 0.339. The van der Waals surface area contributed by atoms with E-state index in [1.807, 2.05) is 30.8 Å². The molecule has 0 aliphatic rings. The topological polar surface area (TPSA) is 94.7 Å². The normalized spacial score (nSPS) is 11.5. The highest BCUT2D eigenvalue weighted by molar-refractivity contribution is 7.19. The van der Waals surface area contributed by atoms with Crippen LogP contribution in [-0.2, 0) is 20.0 Å². The summed E-state index contributed by atoms with van der Waals surface area (Å²) in [5, 5.41) is 9.19. The summed E-state index contributed by atoms with van der Waals surface area (Å²) in [6.07, 6.45) is 6.86. The number of fused-ring (bicyclic) bond motifs is 3. The first-order valence-corrected chi connectivity index (χ1v) is 10.7. The fourth-order valence-corrected chi connectivity index (χ4v) is 4.53. The molecule has 0 radical (unpaired) electrons. The van der Waals surface area contributed by atoms with Crippen molar-refractivity contribution in [1.82, 2.24) is 29.6 Å². The first-order chi connectivity index (χ1) is 15.0. The molecule has 0 atom stereocenters. The number of pyridine rings is 1. The molecule has 8 nitrogen and oxygen atoms in total. The Balaban J connectivity index is 1.68. The van der Waals surface area contributed by atoms with Gasteiger partial charge in [0.15, 0.2) is 11.9 Å². The molecule has 0 bridgehead atoms. The smallest absolute Gasteiger partial charge is 0.291 e. The Morgan fingerprint density at radius 1 is 1.32 bits per heavy atom. The number of hydrogen-bond acceptors (Lipinski definition) is 7. The van der Waals surface area contributed by atoms with Crippen molar-refractivity contribution in [2.24, 2.45) is 7.05 Å². The van der Waals surface area contributed by atoms with Gasteiger partial charge < -0.3 is 9.88 Å². The summed E-state index contributed by atoms with van der Waals surface area (Å²) in [4.78, 5) is 33.0. The third kappa shape index (κ3) is 4.04. The number of carbonyl (C=O) groups excluding carboxylic acids is 1. The Hall–Kier alpha value is -3.59. The zero-order chi connectivity index (χ0) is 22.0. The molecule has 9 heteroatoms. The maximum Gasteiger partial charge on any atom is 0.291 e. The molecule has 0 spiro atoms. The molecule has 4 aromatic heterocycles. The zero-order valence-corrected chi connectivity index (χ0v) is 18.1. The molecular weight excluding hydrogens is 412 g/mol. The van der Waals surface area contributed by atoms with Gasteiger partial charge >= 0.3 is 0 Å². The third-order valence-corrected chi connectivity index (χ3v) is 5.93. The van der Waals surface area contributed by atoms with Gasteiger partial charge in [0.1, 0.15) is 16.2 Å². The summed E-state index contributed by atoms with van der Waals surface area (Å²) in [5.74, 6) is 0. The van der Waals surface area contributed by atoms with Gasteiger partial charge in [0.25, 0.3) is 5.56 Å². The standard InChI is InChI=1S/C22H22N6O2S/c1-4-23-9-8-14(2)10-18-26-21-20(31-18)17-11-24-28(22(30)19(17)27(21)3)12-15-6-5-7-16(13-29)25-15/h5-9,11,13,23H,2,4,10,12H2,1,3H3/b9-8-. The van der Waals surface area contributed by atoms with E-state index in [1.165, 1.54) is 4.68 Å². The molecule has 4 aromatic rings. The lowest BCUT2D eigenvalue weighted by Gasteiger charge is -2.05. The molecule has 0 aliphatic carbocycles. The Bertz CT molecular complexity index is 1380. The lowest BCUT2D eigenvalue weighted by molar-refractivity contribution is 0.111. The number of carbonyl (C=O) groups is 1. The van der Waals surface area contributed by atoms with E-state index in [0.717, 1.165) is 32.9 Å². The maximum atomic E-state index is 13.1. The summed E-state index contributed by atoms with van der Waals surface area (Å²) in [7, 11) is 1.84. The minimum atomic E-state index is -0.219. The fourth-order valence-electron chi connectivity index (χ4n) is 3.37. The number of thiazole rings is 1. The molecule has 1 N–H and O–H groups in total. The summed E-state index contributed by atoms with van der Waals surface area (Å²) in [5.41, 5.74) is 2.96. The summed E-state index contributed by atoms with van der Waals surface area (Å²) < 4.78 is 4.11. The van der Waals surface area contributed by atoms with Crippen molar-refractivity contribution in [3.63, 3.8) is 0 Å². The summed E-state index contributed by atoms with van der Waals surface area (Å²) in [6.45, 7) is 7.16. The minimum absolute atomic E-state index is 0.186. The van der Waals surface area contributed by atoms with Crippen LogP contribution in [0.5, 0.6) is 0 Å². The van der Waals surface area contributed by atoms with E-state index in [4.69, 9.17) is 4.98 Å². The van der Waals surface area contributed by atoms with Gasteiger partial charge in [0.05, 0.1) is 23.1 Å². The molecule has 4 rings (SSSR count). The molecule has 0 aromatic carbocycles. The van der Waals surface area contributed by atoms with E-state index in [0.29, 0.717) is 29.6 Å². The van der Waals surface area contributed by atoms with E-state index < -0.39 is 0 Å². The van der Waals surface area contributed by atoms with Crippen molar-refractivity contribution >= 4 is 38.9 Å². The number of aldehydes is 1. The van der Waals surface area contributed by atoms with Crippen molar-refractivity contribution < 1.29 is 4.79 Å². The van der Waals surface area contributed by atoms with Gasteiger partial charge in [-0.15, -0.1) is 11.3 Å². The van der Waals surface area contributed by atoms with Crippen LogP contribution in [0.2, 0.25) is 0 Å². The lowest BCUT2D eigenvalue weighted by Crippen LogP contribution is -2.25. The van der Waals surface area contributed by atoms with Gasteiger partial charge in [-0.25, -0.2) is 14.6 Å². The minimum Gasteiger partial charge on any atom is -0.391 e. The van der Waals surface area contributed by atoms with Crippen LogP contribution >= 0.6 is 11.3 Å². The van der Waals surface area contributed by atoms with E-state index in [2.05, 4.69) is 22.0 Å². The molecule has 158 valence electrons. The number of hydrogen-bond donors (Lipinski definition) is 1. The number of allylic oxidation sites excluding steroid dienone is 2. The number of aromatic nitrogens is 5. The van der Waals surface area contributed by atoms with E-state index in [1.54, 1.807) is 35.7 Å². The van der Waals surface area contributed by atoms with Crippen LogP contribution in [0.1, 0.15) is 28.1 Å². The van der Waals surface area contributed by atoms with Gasteiger partial charge in [-0.3, -0.25) is 9.59 Å². The molecular formula is C22H22N6O2S. The third-order valence-electron chi connectivity index (χ3n) is 4.85. The predicted octanol–water partition coefficient (Wildman–Crippen LogP) is 2.82. The second-order valence-electron chi connectivity index (χ2n) is 7.09. The van der Waals surface area contributed by atoms with Gasteiger partial charge in [0.2, 0.25) is 0 Å². The van der Waals surface area contributed by atoms with Gasteiger partial charge in [0, 0.05) is 25.4 Å². The Morgan fingerprint density at radius 3 is 2.94 bits per heavy atom. The maximum absolute atomic E-state index is 13.1. The first kappa shape index (κ1) is 20.7. The zero-order valence-electron chi connectivity index (χ0n) is 17.3. The van der Waals surface area contributed by atoms with Crippen LogP contribution in [0, 0.1) is 0 Å². The summed E-state index contributed by atoms with van der Waals surface area (Å²) >= 11 is 1.55. The van der Waals surface area contributed by atoms with Gasteiger partial charge in [-0.05, 0) is 36.9 Å². The highest BCUT2D eigenvalue weighted by Crippen LogP contribution is 2.31. The molecule has 0 amide bonds. The van der Waals surface area contributed by atoms with Crippen molar-refractivity contribution in [3.8, 4) is 0 Å². The van der Waals surface area contributed by atoms with Crippen LogP contribution in [0.25, 0.3) is 21.3 Å². The average Bonchev–Trinajstić information content (AvgIpc) is 3.28. The monoisotopic (exact) mass is 434 g/mol. The molecule has 0 unspecified atom stereocenters. The number of nitrogens with zero attached hydrogens (tertiary/aromatic N) is 5. The largest absolute Gasteiger partial charge is 0.391 e. The number of aryl methyl sites for hydroxylation is 1. The lowest BCUT2D eigenvalue weighted by atomic mass is 10.2. The molecule has 4 heterocycles. The van der Waals surface area contributed by atoms with E-state index >= 15 is 0 Å². The second-order valence-corrected chi connectivity index (χ2v) is 8.17. The Labute approximate surface area is 182 Å². The van der Waals surface area contributed by atoms with Gasteiger partial charge in [-0.1, -0.05) is 12.6 Å². The summed E-state index contributed by atoms with van der Waals surface area (Å²) in [6, 6.07) is 5.12. The van der Waals surface area contributed by atoms with Crippen molar-refractivity contribution in [3.05, 3.63) is 75.6 Å². The SMILES string of the molecule is C=C(/C=C\NCC)Cc1nc2c(s1)c1cnn(Cc3cccc(C=O)n3)c(=O)c1n2C. The Morgan fingerprint density at radius 2 is 2.16 bits per heavy atom. The highest BCUT2D eigenvalue weighted by atomic mass is 32.1. The van der Waals surface area contributed by atoms with Crippen LogP contribution in [0.3, 0.4) is 0 Å². The van der Waals surface area contributed by atoms with Crippen molar-refractivity contribution in [2.75, 3.05) is 6.54 Å². The average molecular weight is 435 g/mol. The van der Waals surface area contributed by atoms with E-state index in [-0.39, 0.29) is 12.1 Å². The number of rotatable bonds is 8. The van der Waals surface area contributed by atoms with Crippen molar-refractivity contribution in [2.45, 2.75) is 19.9 Å². The molecule has 0 saturated heterocycles. The highest BCUT2D eigenvalue weighted by Gasteiger charge is 2.18. The molecule has 0 fully saturated rings. The van der Waals surface area contributed by atoms with Gasteiger partial charge in [-0.2, -0.15) is 5.10 Å². The van der Waals surface area contributed by atoms with Crippen molar-refractivity contribution in [1.29, 1.82) is 0 Å². The molecule has 0 saturated carbocycles. The first-order valence-electron chi connectivity index (χ1n) is 9.84. The fraction of sp³-hybridized carbons (Fsp3) is 0.227. The van der Waals surface area contributed by atoms with Crippen LogP contribution < -0.4 is 10.9 Å². The van der Waals surface area contributed by atoms with Crippen LogP contribution in [0.15, 0.2) is 53.6 Å². The molecule has 31 heavy (non-hydrogen) atoms. The van der Waals surface area contributed by atoms with Crippen LogP contribution in [-0.4, -0.2) is 37.1 Å². The second kappa shape index (κ2) is 8.65. The predicted molar refractivity (Wildman–Crippen MR) is 123 cm³/mol.